The van der Waals surface area contributed by atoms with Gasteiger partial charge in [0.25, 0.3) is 0 Å². The SMILES string of the molecule is CNCCN(C)C(=O)Cc1csc(Cc2ccccc2)n1. The summed E-state index contributed by atoms with van der Waals surface area (Å²) in [5, 5.41) is 6.09. The molecule has 2 aromatic rings. The van der Waals surface area contributed by atoms with Crippen LogP contribution in [0.2, 0.25) is 0 Å². The van der Waals surface area contributed by atoms with Gasteiger partial charge in [-0.1, -0.05) is 30.3 Å². The Balaban J connectivity index is 1.89. The molecule has 1 heterocycles. The van der Waals surface area contributed by atoms with Crippen LogP contribution in [0.4, 0.5) is 0 Å². The van der Waals surface area contributed by atoms with Gasteiger partial charge in [0.05, 0.1) is 17.1 Å². The molecular formula is C16H21N3OS. The number of carbonyl (C=O) groups excluding carboxylic acids is 1. The van der Waals surface area contributed by atoms with Crippen molar-refractivity contribution in [3.05, 3.63) is 52.0 Å². The van der Waals surface area contributed by atoms with Gasteiger partial charge in [0.15, 0.2) is 0 Å². The van der Waals surface area contributed by atoms with Crippen LogP contribution < -0.4 is 5.32 Å². The predicted octanol–water partition coefficient (Wildman–Crippen LogP) is 1.95. The molecule has 0 fully saturated rings. The van der Waals surface area contributed by atoms with Gasteiger partial charge in [0.2, 0.25) is 5.91 Å². The molecule has 4 nitrogen and oxygen atoms in total. The average molecular weight is 303 g/mol. The van der Waals surface area contributed by atoms with Crippen molar-refractivity contribution < 1.29 is 4.79 Å². The molecule has 0 saturated carbocycles. The summed E-state index contributed by atoms with van der Waals surface area (Å²) in [6, 6.07) is 10.3. The quantitative estimate of drug-likeness (QED) is 0.850. The molecule has 1 N–H and O–H groups in total. The molecule has 0 saturated heterocycles. The summed E-state index contributed by atoms with van der Waals surface area (Å²) < 4.78 is 0. The third-order valence-electron chi connectivity index (χ3n) is 3.25. The van der Waals surface area contributed by atoms with E-state index in [-0.39, 0.29) is 5.91 Å². The van der Waals surface area contributed by atoms with Gasteiger partial charge >= 0.3 is 0 Å². The fourth-order valence-electron chi connectivity index (χ4n) is 1.98. The molecule has 0 unspecified atom stereocenters. The fraction of sp³-hybridized carbons (Fsp3) is 0.375. The predicted molar refractivity (Wildman–Crippen MR) is 86.6 cm³/mol. The van der Waals surface area contributed by atoms with E-state index in [9.17, 15) is 4.79 Å². The van der Waals surface area contributed by atoms with Crippen molar-refractivity contribution in [3.63, 3.8) is 0 Å². The molecule has 0 aliphatic rings. The minimum Gasteiger partial charge on any atom is -0.344 e. The zero-order chi connectivity index (χ0) is 15.1. The first-order chi connectivity index (χ1) is 10.2. The van der Waals surface area contributed by atoms with Gasteiger partial charge in [-0.2, -0.15) is 0 Å². The first kappa shape index (κ1) is 15.7. The van der Waals surface area contributed by atoms with E-state index in [1.165, 1.54) is 5.56 Å². The van der Waals surface area contributed by atoms with Crippen LogP contribution in [-0.2, 0) is 17.6 Å². The first-order valence-electron chi connectivity index (χ1n) is 7.05. The molecule has 0 atom stereocenters. The number of carbonyl (C=O) groups is 1. The molecule has 1 aromatic heterocycles. The Morgan fingerprint density at radius 3 is 2.81 bits per heavy atom. The van der Waals surface area contributed by atoms with Crippen molar-refractivity contribution in [1.29, 1.82) is 0 Å². The van der Waals surface area contributed by atoms with Gasteiger partial charge in [-0.05, 0) is 12.6 Å². The number of hydrogen-bond donors (Lipinski definition) is 1. The van der Waals surface area contributed by atoms with E-state index in [0.29, 0.717) is 6.42 Å². The molecule has 0 spiro atoms. The number of benzene rings is 1. The van der Waals surface area contributed by atoms with Crippen molar-refractivity contribution in [2.24, 2.45) is 0 Å². The zero-order valence-corrected chi connectivity index (χ0v) is 13.3. The van der Waals surface area contributed by atoms with E-state index in [0.717, 1.165) is 30.2 Å². The number of nitrogens with zero attached hydrogens (tertiary/aromatic N) is 2. The molecular weight excluding hydrogens is 282 g/mol. The number of nitrogens with one attached hydrogen (secondary N) is 1. The average Bonchev–Trinajstić information content (AvgIpc) is 2.92. The van der Waals surface area contributed by atoms with Gasteiger partial charge in [0, 0.05) is 31.9 Å². The van der Waals surface area contributed by atoms with E-state index in [1.807, 2.05) is 37.7 Å². The third-order valence-corrected chi connectivity index (χ3v) is 4.15. The van der Waals surface area contributed by atoms with Crippen molar-refractivity contribution in [3.8, 4) is 0 Å². The van der Waals surface area contributed by atoms with Crippen molar-refractivity contribution in [1.82, 2.24) is 15.2 Å². The van der Waals surface area contributed by atoms with Gasteiger partial charge in [-0.3, -0.25) is 4.79 Å². The molecule has 0 bridgehead atoms. The number of aromatic nitrogens is 1. The summed E-state index contributed by atoms with van der Waals surface area (Å²) >= 11 is 1.62. The Kier molecular flexibility index (Phi) is 5.90. The summed E-state index contributed by atoms with van der Waals surface area (Å²) in [6.07, 6.45) is 1.21. The Bertz CT molecular complexity index is 568. The van der Waals surface area contributed by atoms with E-state index in [1.54, 1.807) is 16.2 Å². The maximum absolute atomic E-state index is 12.0. The number of amides is 1. The minimum atomic E-state index is 0.113. The van der Waals surface area contributed by atoms with Crippen LogP contribution in [0.15, 0.2) is 35.7 Å². The number of rotatable bonds is 7. The second kappa shape index (κ2) is 7.90. The Labute approximate surface area is 129 Å². The van der Waals surface area contributed by atoms with E-state index >= 15 is 0 Å². The standard InChI is InChI=1S/C16H21N3OS/c1-17-8-9-19(2)16(20)11-14-12-21-15(18-14)10-13-6-4-3-5-7-13/h3-7,12,17H,8-11H2,1-2H3. The van der Waals surface area contributed by atoms with Gasteiger partial charge in [-0.15, -0.1) is 11.3 Å². The summed E-state index contributed by atoms with van der Waals surface area (Å²) in [5.41, 5.74) is 2.11. The van der Waals surface area contributed by atoms with Crippen molar-refractivity contribution >= 4 is 17.2 Å². The van der Waals surface area contributed by atoms with Crippen molar-refractivity contribution in [2.45, 2.75) is 12.8 Å². The highest BCUT2D eigenvalue weighted by Crippen LogP contribution is 2.15. The highest BCUT2D eigenvalue weighted by atomic mass is 32.1. The number of hydrogen-bond acceptors (Lipinski definition) is 4. The third kappa shape index (κ3) is 4.95. The Hall–Kier alpha value is -1.72. The molecule has 2 rings (SSSR count). The van der Waals surface area contributed by atoms with Gasteiger partial charge < -0.3 is 10.2 Å². The second-order valence-electron chi connectivity index (χ2n) is 4.99. The zero-order valence-electron chi connectivity index (χ0n) is 12.5. The maximum Gasteiger partial charge on any atom is 0.228 e. The monoisotopic (exact) mass is 303 g/mol. The lowest BCUT2D eigenvalue weighted by atomic mass is 10.2. The lowest BCUT2D eigenvalue weighted by Gasteiger charge is -2.16. The van der Waals surface area contributed by atoms with Gasteiger partial charge in [-0.25, -0.2) is 4.98 Å². The summed E-state index contributed by atoms with van der Waals surface area (Å²) in [4.78, 5) is 18.4. The molecule has 0 aliphatic heterocycles. The fourth-order valence-corrected chi connectivity index (χ4v) is 2.80. The van der Waals surface area contributed by atoms with Crippen molar-refractivity contribution in [2.75, 3.05) is 27.2 Å². The highest BCUT2D eigenvalue weighted by Gasteiger charge is 2.12. The Morgan fingerprint density at radius 1 is 1.33 bits per heavy atom. The van der Waals surface area contributed by atoms with Crippen LogP contribution >= 0.6 is 11.3 Å². The lowest BCUT2D eigenvalue weighted by Crippen LogP contribution is -2.33. The van der Waals surface area contributed by atoms with Crippen LogP contribution in [0.5, 0.6) is 0 Å². The molecule has 1 aromatic carbocycles. The molecule has 112 valence electrons. The summed E-state index contributed by atoms with van der Waals surface area (Å²) in [7, 11) is 3.71. The number of thiazole rings is 1. The van der Waals surface area contributed by atoms with E-state index < -0.39 is 0 Å². The second-order valence-corrected chi connectivity index (χ2v) is 5.93. The van der Waals surface area contributed by atoms with Crippen LogP contribution in [0.3, 0.4) is 0 Å². The lowest BCUT2D eigenvalue weighted by molar-refractivity contribution is -0.129. The Morgan fingerprint density at radius 2 is 2.10 bits per heavy atom. The molecule has 1 amide bonds. The summed E-state index contributed by atoms with van der Waals surface area (Å²) in [5.74, 6) is 0.113. The smallest absolute Gasteiger partial charge is 0.228 e. The molecule has 5 heteroatoms. The summed E-state index contributed by atoms with van der Waals surface area (Å²) in [6.45, 7) is 1.52. The molecule has 0 aliphatic carbocycles. The topological polar surface area (TPSA) is 45.2 Å². The minimum absolute atomic E-state index is 0.113. The van der Waals surface area contributed by atoms with Gasteiger partial charge in [0.1, 0.15) is 0 Å². The molecule has 21 heavy (non-hydrogen) atoms. The van der Waals surface area contributed by atoms with Crippen LogP contribution in [-0.4, -0.2) is 43.0 Å². The van der Waals surface area contributed by atoms with E-state index in [4.69, 9.17) is 0 Å². The van der Waals surface area contributed by atoms with Crippen LogP contribution in [0, 0.1) is 0 Å². The highest BCUT2D eigenvalue weighted by molar-refractivity contribution is 7.09. The maximum atomic E-state index is 12.0. The van der Waals surface area contributed by atoms with Crippen LogP contribution in [0.25, 0.3) is 0 Å². The van der Waals surface area contributed by atoms with E-state index in [2.05, 4.69) is 22.4 Å². The normalized spacial score (nSPS) is 10.6. The largest absolute Gasteiger partial charge is 0.344 e. The molecule has 0 radical (unpaired) electrons. The first-order valence-corrected chi connectivity index (χ1v) is 7.92. The van der Waals surface area contributed by atoms with Crippen LogP contribution in [0.1, 0.15) is 16.3 Å². The number of likely N-dealkylation sites (N-methyl/N-ethyl adjacent to an activating group) is 2.